The van der Waals surface area contributed by atoms with Crippen molar-refractivity contribution in [1.82, 2.24) is 15.3 Å². The quantitative estimate of drug-likeness (QED) is 0.878. The van der Waals surface area contributed by atoms with E-state index in [1.807, 2.05) is 12.3 Å². The molecule has 4 nitrogen and oxygen atoms in total. The van der Waals surface area contributed by atoms with E-state index in [1.165, 1.54) is 0 Å². The molecule has 2 aromatic rings. The zero-order valence-corrected chi connectivity index (χ0v) is 12.2. The second kappa shape index (κ2) is 6.06. The fourth-order valence-corrected chi connectivity index (χ4v) is 2.67. The Morgan fingerprint density at radius 1 is 1.50 bits per heavy atom. The van der Waals surface area contributed by atoms with Gasteiger partial charge in [0.1, 0.15) is 9.61 Å². The zero-order valence-electron chi connectivity index (χ0n) is 9.76. The lowest BCUT2D eigenvalue weighted by atomic mass is 10.2. The van der Waals surface area contributed by atoms with Crippen LogP contribution in [0.5, 0.6) is 0 Å². The summed E-state index contributed by atoms with van der Waals surface area (Å²) in [7, 11) is 0. The monoisotopic (exact) mass is 325 g/mol. The Bertz CT molecular complexity index is 530. The Labute approximate surface area is 118 Å². The lowest BCUT2D eigenvalue weighted by molar-refractivity contribution is 0.0935. The summed E-state index contributed by atoms with van der Waals surface area (Å²) in [5.41, 5.74) is 0.590. The summed E-state index contributed by atoms with van der Waals surface area (Å²) < 4.78 is 0.650. The smallest absolute Gasteiger partial charge is 0.251 e. The minimum Gasteiger partial charge on any atom is -0.343 e. The second-order valence-electron chi connectivity index (χ2n) is 3.67. The van der Waals surface area contributed by atoms with Gasteiger partial charge in [-0.3, -0.25) is 4.79 Å². The normalized spacial score (nSPS) is 12.1. The van der Waals surface area contributed by atoms with Crippen LogP contribution in [0.4, 0.5) is 0 Å². The number of amides is 1. The Kier molecular flexibility index (Phi) is 4.43. The van der Waals surface area contributed by atoms with E-state index in [0.717, 1.165) is 11.4 Å². The molecule has 1 N–H and O–H groups in total. The van der Waals surface area contributed by atoms with Gasteiger partial charge in [-0.15, -0.1) is 11.3 Å². The third kappa shape index (κ3) is 3.14. The van der Waals surface area contributed by atoms with Gasteiger partial charge >= 0.3 is 0 Å². The summed E-state index contributed by atoms with van der Waals surface area (Å²) in [5.74, 6) is -0.111. The van der Waals surface area contributed by atoms with Crippen LogP contribution in [-0.4, -0.2) is 15.9 Å². The Morgan fingerprint density at radius 2 is 2.33 bits per heavy atom. The molecule has 0 aromatic carbocycles. The summed E-state index contributed by atoms with van der Waals surface area (Å²) in [6.45, 7) is 2.02. The van der Waals surface area contributed by atoms with E-state index in [0.29, 0.717) is 10.2 Å². The van der Waals surface area contributed by atoms with Gasteiger partial charge in [0.2, 0.25) is 0 Å². The van der Waals surface area contributed by atoms with Gasteiger partial charge in [0.05, 0.1) is 6.04 Å². The van der Waals surface area contributed by atoms with Crippen molar-refractivity contribution in [2.24, 2.45) is 0 Å². The van der Waals surface area contributed by atoms with E-state index in [9.17, 15) is 4.79 Å². The number of hydrogen-bond donors (Lipinski definition) is 1. The number of nitrogens with zero attached hydrogens (tertiary/aromatic N) is 2. The van der Waals surface area contributed by atoms with Crippen molar-refractivity contribution in [3.05, 3.63) is 45.1 Å². The molecule has 1 atom stereocenters. The molecule has 0 saturated carbocycles. The van der Waals surface area contributed by atoms with Gasteiger partial charge in [0.15, 0.2) is 0 Å². The van der Waals surface area contributed by atoms with Gasteiger partial charge < -0.3 is 5.32 Å². The highest BCUT2D eigenvalue weighted by molar-refractivity contribution is 9.10. The van der Waals surface area contributed by atoms with Crippen molar-refractivity contribution < 1.29 is 4.79 Å². The molecule has 2 rings (SSSR count). The number of carbonyl (C=O) groups is 1. The topological polar surface area (TPSA) is 54.9 Å². The molecule has 18 heavy (non-hydrogen) atoms. The first kappa shape index (κ1) is 13.2. The summed E-state index contributed by atoms with van der Waals surface area (Å²) in [5, 5.41) is 5.81. The molecule has 6 heteroatoms. The molecule has 0 fully saturated rings. The number of pyridine rings is 1. The van der Waals surface area contributed by atoms with Crippen LogP contribution in [0.15, 0.2) is 34.5 Å². The predicted octanol–water partition coefficient (Wildman–Crippen LogP) is 3.18. The summed E-state index contributed by atoms with van der Waals surface area (Å²) in [6, 6.07) is 3.35. The van der Waals surface area contributed by atoms with Crippen LogP contribution in [0.1, 0.15) is 34.8 Å². The molecule has 94 valence electrons. The zero-order chi connectivity index (χ0) is 13.0. The van der Waals surface area contributed by atoms with Crippen LogP contribution in [0.2, 0.25) is 0 Å². The minimum absolute atomic E-state index is 0.0376. The first-order chi connectivity index (χ1) is 8.70. The molecular weight excluding hydrogens is 314 g/mol. The summed E-state index contributed by atoms with van der Waals surface area (Å²) in [6.07, 6.45) is 4.16. The Morgan fingerprint density at radius 3 is 2.94 bits per heavy atom. The van der Waals surface area contributed by atoms with Crippen LogP contribution < -0.4 is 5.32 Å². The number of carbonyl (C=O) groups excluding carboxylic acids is 1. The largest absolute Gasteiger partial charge is 0.343 e. The third-order valence-corrected chi connectivity index (χ3v) is 3.77. The van der Waals surface area contributed by atoms with Gasteiger partial charge in [-0.25, -0.2) is 9.97 Å². The number of aromatic nitrogens is 2. The van der Waals surface area contributed by atoms with Crippen molar-refractivity contribution >= 4 is 33.2 Å². The van der Waals surface area contributed by atoms with Gasteiger partial charge in [-0.05, 0) is 34.5 Å². The number of hydrogen-bond acceptors (Lipinski definition) is 4. The lowest BCUT2D eigenvalue weighted by Gasteiger charge is -2.14. The molecule has 0 saturated heterocycles. The van der Waals surface area contributed by atoms with E-state index in [2.05, 4.69) is 31.2 Å². The average Bonchev–Trinajstić information content (AvgIpc) is 2.89. The number of thiazole rings is 1. The van der Waals surface area contributed by atoms with Crippen molar-refractivity contribution in [3.63, 3.8) is 0 Å². The van der Waals surface area contributed by atoms with Crippen LogP contribution in [0, 0.1) is 0 Å². The molecule has 2 heterocycles. The molecule has 0 bridgehead atoms. The molecule has 0 spiro atoms. The average molecular weight is 326 g/mol. The highest BCUT2D eigenvalue weighted by Gasteiger charge is 2.16. The van der Waals surface area contributed by atoms with E-state index < -0.39 is 0 Å². The molecule has 0 aliphatic rings. The number of rotatable bonds is 4. The van der Waals surface area contributed by atoms with E-state index in [1.54, 1.807) is 35.9 Å². The maximum atomic E-state index is 12.1. The highest BCUT2D eigenvalue weighted by Crippen LogP contribution is 2.19. The fraction of sp³-hybridized carbons (Fsp3) is 0.250. The molecule has 0 aliphatic heterocycles. The van der Waals surface area contributed by atoms with Gasteiger partial charge in [0.25, 0.3) is 5.91 Å². The van der Waals surface area contributed by atoms with E-state index in [-0.39, 0.29) is 11.9 Å². The summed E-state index contributed by atoms with van der Waals surface area (Å²) >= 11 is 4.80. The van der Waals surface area contributed by atoms with Gasteiger partial charge in [0, 0.05) is 23.3 Å². The first-order valence-electron chi connectivity index (χ1n) is 5.52. The van der Waals surface area contributed by atoms with E-state index >= 15 is 0 Å². The van der Waals surface area contributed by atoms with Crippen LogP contribution in [-0.2, 0) is 0 Å². The van der Waals surface area contributed by atoms with Crippen molar-refractivity contribution in [2.45, 2.75) is 19.4 Å². The lowest BCUT2D eigenvalue weighted by Crippen LogP contribution is -2.28. The van der Waals surface area contributed by atoms with E-state index in [4.69, 9.17) is 0 Å². The summed E-state index contributed by atoms with van der Waals surface area (Å²) in [4.78, 5) is 20.3. The maximum absolute atomic E-state index is 12.1. The number of nitrogens with one attached hydrogen (secondary N) is 1. The molecule has 0 radical (unpaired) electrons. The maximum Gasteiger partial charge on any atom is 0.251 e. The molecule has 1 amide bonds. The first-order valence-corrected chi connectivity index (χ1v) is 7.19. The fourth-order valence-electron chi connectivity index (χ4n) is 1.53. The van der Waals surface area contributed by atoms with Gasteiger partial charge in [-0.1, -0.05) is 6.92 Å². The Hall–Kier alpha value is -1.27. The van der Waals surface area contributed by atoms with Crippen LogP contribution >= 0.6 is 27.3 Å². The standard InChI is InChI=1S/C12H12BrN3OS/c1-2-9(12-15-5-6-18-12)16-11(17)8-3-4-14-10(13)7-8/h3-7,9H,2H2,1H3,(H,16,17). The number of halogens is 1. The molecule has 1 unspecified atom stereocenters. The molecule has 2 aromatic heterocycles. The van der Waals surface area contributed by atoms with Crippen molar-refractivity contribution in [3.8, 4) is 0 Å². The Balaban J connectivity index is 2.11. The molecule has 0 aliphatic carbocycles. The third-order valence-electron chi connectivity index (χ3n) is 2.45. The highest BCUT2D eigenvalue weighted by atomic mass is 79.9. The van der Waals surface area contributed by atoms with Gasteiger partial charge in [-0.2, -0.15) is 0 Å². The van der Waals surface area contributed by atoms with Crippen LogP contribution in [0.25, 0.3) is 0 Å². The van der Waals surface area contributed by atoms with Crippen LogP contribution in [0.3, 0.4) is 0 Å². The minimum atomic E-state index is -0.111. The van der Waals surface area contributed by atoms with Crippen molar-refractivity contribution in [1.29, 1.82) is 0 Å². The predicted molar refractivity (Wildman–Crippen MR) is 74.5 cm³/mol. The van der Waals surface area contributed by atoms with Crippen molar-refractivity contribution in [2.75, 3.05) is 0 Å². The SMILES string of the molecule is CCC(NC(=O)c1ccnc(Br)c1)c1nccs1. The molecular formula is C12H12BrN3OS. The second-order valence-corrected chi connectivity index (χ2v) is 5.41.